The van der Waals surface area contributed by atoms with Crippen LogP contribution in [-0.4, -0.2) is 52.0 Å². The van der Waals surface area contributed by atoms with E-state index in [0.29, 0.717) is 4.68 Å². The van der Waals surface area contributed by atoms with Crippen molar-refractivity contribution in [3.63, 3.8) is 0 Å². The minimum Gasteiger partial charge on any atom is -0.378 e. The average molecular weight is 539 g/mol. The molecule has 192 valence electrons. The zero-order valence-electron chi connectivity index (χ0n) is 18.7. The van der Waals surface area contributed by atoms with Crippen LogP contribution in [0.1, 0.15) is 16.1 Å². The van der Waals surface area contributed by atoms with Crippen molar-refractivity contribution in [3.05, 3.63) is 76.6 Å². The molecular weight excluding hydrogens is 523 g/mol. The van der Waals surface area contributed by atoms with E-state index in [9.17, 15) is 26.7 Å². The summed E-state index contributed by atoms with van der Waals surface area (Å²) in [5, 5.41) is 7.38. The van der Waals surface area contributed by atoms with Gasteiger partial charge in [-0.2, -0.15) is 18.3 Å². The van der Waals surface area contributed by atoms with Gasteiger partial charge in [-0.15, -0.1) is 0 Å². The lowest BCUT2D eigenvalue weighted by atomic mass is 10.0. The fourth-order valence-corrected chi connectivity index (χ4v) is 4.34. The van der Waals surface area contributed by atoms with Gasteiger partial charge in [0.25, 0.3) is 5.91 Å². The van der Waals surface area contributed by atoms with Crippen LogP contribution in [0.5, 0.6) is 0 Å². The first kappa shape index (κ1) is 24.9. The molecule has 0 N–H and O–H groups in total. The molecule has 1 fully saturated rings. The summed E-state index contributed by atoms with van der Waals surface area (Å²) in [6.45, 7) is 0.658. The number of rotatable bonds is 4. The third kappa shape index (κ3) is 4.46. The van der Waals surface area contributed by atoms with Crippen molar-refractivity contribution in [3.8, 4) is 28.3 Å². The Morgan fingerprint density at radius 3 is 2.38 bits per heavy atom. The molecule has 0 unspecified atom stereocenters. The molecule has 13 heteroatoms. The second-order valence-electron chi connectivity index (χ2n) is 8.00. The first-order chi connectivity index (χ1) is 17.7. The Hall–Kier alpha value is -3.77. The van der Waals surface area contributed by atoms with E-state index in [1.807, 2.05) is 0 Å². The van der Waals surface area contributed by atoms with Gasteiger partial charge in [0.2, 0.25) is 0 Å². The molecule has 1 saturated heterocycles. The molecule has 0 bridgehead atoms. The third-order valence-electron chi connectivity index (χ3n) is 5.77. The van der Waals surface area contributed by atoms with Gasteiger partial charge in [-0.05, 0) is 24.3 Å². The fraction of sp³-hybridized carbons (Fsp3) is 0.208. The van der Waals surface area contributed by atoms with Gasteiger partial charge in [0.15, 0.2) is 11.5 Å². The maximum Gasteiger partial charge on any atom is 0.434 e. The van der Waals surface area contributed by atoms with Crippen molar-refractivity contribution in [1.29, 1.82) is 0 Å². The molecule has 0 saturated carbocycles. The maximum atomic E-state index is 14.8. The lowest BCUT2D eigenvalue weighted by molar-refractivity contribution is -0.142. The Kier molecular flexibility index (Phi) is 6.46. The van der Waals surface area contributed by atoms with Crippen LogP contribution in [0, 0.1) is 11.6 Å². The lowest BCUT2D eigenvalue weighted by Gasteiger charge is -2.27. The summed E-state index contributed by atoms with van der Waals surface area (Å²) in [7, 11) is 0. The molecular formula is C24H16ClF5N4O3. The summed E-state index contributed by atoms with van der Waals surface area (Å²) in [5.41, 5.74) is -3.69. The Morgan fingerprint density at radius 2 is 1.70 bits per heavy atom. The van der Waals surface area contributed by atoms with Crippen LogP contribution in [0.25, 0.3) is 28.3 Å². The maximum absolute atomic E-state index is 14.8. The summed E-state index contributed by atoms with van der Waals surface area (Å²) in [6.07, 6.45) is -4.27. The molecule has 0 atom stereocenters. The molecule has 0 aliphatic carbocycles. The van der Waals surface area contributed by atoms with E-state index in [0.717, 1.165) is 24.4 Å². The summed E-state index contributed by atoms with van der Waals surface area (Å²) in [4.78, 5) is 14.9. The number of alkyl halides is 3. The summed E-state index contributed by atoms with van der Waals surface area (Å²) >= 11 is 6.18. The molecule has 0 radical (unpaired) electrons. The summed E-state index contributed by atoms with van der Waals surface area (Å²) in [5.74, 6) is -3.19. The van der Waals surface area contributed by atoms with Gasteiger partial charge >= 0.3 is 6.18 Å². The van der Waals surface area contributed by atoms with Crippen molar-refractivity contribution in [1.82, 2.24) is 19.8 Å². The molecule has 5 rings (SSSR count). The summed E-state index contributed by atoms with van der Waals surface area (Å²) < 4.78 is 83.2. The monoisotopic (exact) mass is 538 g/mol. The molecule has 0 spiro atoms. The van der Waals surface area contributed by atoms with Crippen molar-refractivity contribution in [2.45, 2.75) is 6.18 Å². The van der Waals surface area contributed by atoms with Gasteiger partial charge in [-0.1, -0.05) is 35.0 Å². The van der Waals surface area contributed by atoms with E-state index >= 15 is 0 Å². The van der Waals surface area contributed by atoms with Crippen molar-refractivity contribution in [2.24, 2.45) is 0 Å². The molecule has 4 aromatic rings. The van der Waals surface area contributed by atoms with Gasteiger partial charge in [0.05, 0.1) is 35.6 Å². The average Bonchev–Trinajstić information content (AvgIpc) is 3.49. The van der Waals surface area contributed by atoms with Crippen molar-refractivity contribution < 1.29 is 36.0 Å². The minimum atomic E-state index is -5.06. The SMILES string of the molecule is O=C(c1c(-c2c(F)cccc2Cl)noc1-c1cnn(-c2ccccc2F)c1C(F)(F)F)N1CCOCC1. The Morgan fingerprint density at radius 1 is 1.00 bits per heavy atom. The smallest absolute Gasteiger partial charge is 0.378 e. The summed E-state index contributed by atoms with van der Waals surface area (Å²) in [6, 6.07) is 8.50. The second kappa shape index (κ2) is 9.60. The number of nitrogens with zero attached hydrogens (tertiary/aromatic N) is 4. The minimum absolute atomic E-state index is 0.131. The van der Waals surface area contributed by atoms with Gasteiger partial charge in [0.1, 0.15) is 28.6 Å². The number of carbonyl (C=O) groups excluding carboxylic acids is 1. The van der Waals surface area contributed by atoms with Crippen LogP contribution in [0.3, 0.4) is 0 Å². The van der Waals surface area contributed by atoms with Gasteiger partial charge in [-0.25, -0.2) is 13.5 Å². The number of hydrogen-bond acceptors (Lipinski definition) is 5. The van der Waals surface area contributed by atoms with Crippen LogP contribution in [0.4, 0.5) is 22.0 Å². The van der Waals surface area contributed by atoms with E-state index in [1.54, 1.807) is 0 Å². The normalized spacial score (nSPS) is 14.3. The number of morpholine rings is 1. The van der Waals surface area contributed by atoms with E-state index < -0.39 is 52.0 Å². The van der Waals surface area contributed by atoms with Crippen LogP contribution >= 0.6 is 11.6 Å². The van der Waals surface area contributed by atoms with E-state index in [-0.39, 0.29) is 42.6 Å². The first-order valence-electron chi connectivity index (χ1n) is 10.9. The highest BCUT2D eigenvalue weighted by Gasteiger charge is 2.43. The number of hydrogen-bond donors (Lipinski definition) is 0. The van der Waals surface area contributed by atoms with E-state index in [1.165, 1.54) is 29.2 Å². The predicted octanol–water partition coefficient (Wildman–Crippen LogP) is 5.62. The number of carbonyl (C=O) groups is 1. The highest BCUT2D eigenvalue weighted by atomic mass is 35.5. The van der Waals surface area contributed by atoms with Gasteiger partial charge in [-0.3, -0.25) is 4.79 Å². The molecule has 37 heavy (non-hydrogen) atoms. The standard InChI is InChI=1S/C24H16ClF5N4O3/c25-14-4-3-6-16(27)18(14)20-19(23(35)33-8-10-36-11-9-33)21(37-32-20)13-12-31-34(22(13)24(28,29)30)17-7-2-1-5-15(17)26/h1-7,12H,8-11H2. The quantitative estimate of drug-likeness (QED) is 0.316. The van der Waals surface area contributed by atoms with Crippen LogP contribution in [-0.2, 0) is 10.9 Å². The lowest BCUT2D eigenvalue weighted by Crippen LogP contribution is -2.41. The number of benzene rings is 2. The van der Waals surface area contributed by atoms with E-state index in [4.69, 9.17) is 20.9 Å². The highest BCUT2D eigenvalue weighted by Crippen LogP contribution is 2.43. The first-order valence-corrected chi connectivity index (χ1v) is 11.3. The molecule has 1 aliphatic heterocycles. The van der Waals surface area contributed by atoms with Crippen molar-refractivity contribution >= 4 is 17.5 Å². The Labute approximate surface area is 211 Å². The molecule has 1 aliphatic rings. The zero-order valence-corrected chi connectivity index (χ0v) is 19.5. The number of para-hydroxylation sites is 1. The third-order valence-corrected chi connectivity index (χ3v) is 6.08. The van der Waals surface area contributed by atoms with Crippen LogP contribution < -0.4 is 0 Å². The Bertz CT molecular complexity index is 1460. The molecule has 7 nitrogen and oxygen atoms in total. The number of amides is 1. The Balaban J connectivity index is 1.77. The molecule has 3 heterocycles. The topological polar surface area (TPSA) is 73.4 Å². The largest absolute Gasteiger partial charge is 0.434 e. The van der Waals surface area contributed by atoms with Gasteiger partial charge < -0.3 is 14.2 Å². The highest BCUT2D eigenvalue weighted by molar-refractivity contribution is 6.33. The van der Waals surface area contributed by atoms with Crippen LogP contribution in [0.15, 0.2) is 53.2 Å². The zero-order chi connectivity index (χ0) is 26.3. The number of ether oxygens (including phenoxy) is 1. The van der Waals surface area contributed by atoms with Gasteiger partial charge in [0, 0.05) is 13.1 Å². The van der Waals surface area contributed by atoms with Crippen molar-refractivity contribution in [2.75, 3.05) is 26.3 Å². The molecule has 2 aromatic heterocycles. The number of halogens is 6. The molecule has 1 amide bonds. The predicted molar refractivity (Wildman–Crippen MR) is 121 cm³/mol. The van der Waals surface area contributed by atoms with E-state index in [2.05, 4.69) is 10.3 Å². The fourth-order valence-electron chi connectivity index (χ4n) is 4.09. The second-order valence-corrected chi connectivity index (χ2v) is 8.41. The van der Waals surface area contributed by atoms with Crippen LogP contribution in [0.2, 0.25) is 5.02 Å². The number of aromatic nitrogens is 3. The molecule has 2 aromatic carbocycles.